The number of nitrogens with one attached hydrogen (secondary N) is 1. The second-order valence-corrected chi connectivity index (χ2v) is 15.0. The molecule has 2 aromatic carbocycles. The maximum absolute atomic E-state index is 13.9. The van der Waals surface area contributed by atoms with Gasteiger partial charge in [-0.05, 0) is 92.7 Å². The van der Waals surface area contributed by atoms with Crippen molar-refractivity contribution in [2.24, 2.45) is 5.92 Å². The van der Waals surface area contributed by atoms with Gasteiger partial charge in [-0.2, -0.15) is 0 Å². The summed E-state index contributed by atoms with van der Waals surface area (Å²) in [5.74, 6) is 3.19. The van der Waals surface area contributed by atoms with Crippen LogP contribution in [0.4, 0.5) is 10.3 Å². The van der Waals surface area contributed by atoms with Crippen LogP contribution in [0.2, 0.25) is 0 Å². The summed E-state index contributed by atoms with van der Waals surface area (Å²) in [5, 5.41) is 10.6. The monoisotopic (exact) mass is 646 g/mol. The zero-order valence-corrected chi connectivity index (χ0v) is 27.0. The lowest BCUT2D eigenvalue weighted by atomic mass is 9.92. The molecule has 2 aromatic heterocycles. The molecule has 3 fully saturated rings. The topological polar surface area (TPSA) is 111 Å². The van der Waals surface area contributed by atoms with Gasteiger partial charge in [-0.1, -0.05) is 0 Å². The third kappa shape index (κ3) is 5.49. The number of fused-ring (bicyclic) bond motifs is 3. The first-order valence-electron chi connectivity index (χ1n) is 16.3. The third-order valence-corrected chi connectivity index (χ3v) is 11.6. The van der Waals surface area contributed by atoms with E-state index in [2.05, 4.69) is 24.4 Å². The lowest BCUT2D eigenvalue weighted by Gasteiger charge is -2.30. The predicted octanol–water partition coefficient (Wildman–Crippen LogP) is 5.45. The fourth-order valence-electron chi connectivity index (χ4n) is 7.13. The summed E-state index contributed by atoms with van der Waals surface area (Å²) < 4.78 is 57.6. The Morgan fingerprint density at radius 1 is 1.04 bits per heavy atom. The summed E-state index contributed by atoms with van der Waals surface area (Å²) in [7, 11) is -0.612. The van der Waals surface area contributed by atoms with Crippen molar-refractivity contribution in [3.05, 3.63) is 65.2 Å². The molecule has 242 valence electrons. The SMILES string of the molecule is COc1ccc(CN(CC2CC2)c2nncn2C2CCc3c2cc(S(=O)(=O)NC2CC(F)C2)c2cc(C4CC4)ncc32)c(OC)c1. The molecular weight excluding hydrogens is 607 g/mol. The number of benzene rings is 2. The Labute approximate surface area is 268 Å². The molecule has 12 heteroatoms. The maximum Gasteiger partial charge on any atom is 0.241 e. The van der Waals surface area contributed by atoms with Crippen molar-refractivity contribution in [3.8, 4) is 11.5 Å². The van der Waals surface area contributed by atoms with Gasteiger partial charge in [0.05, 0.1) is 25.2 Å². The van der Waals surface area contributed by atoms with Crippen LogP contribution in [0.15, 0.2) is 47.8 Å². The number of rotatable bonds is 12. The Hall–Kier alpha value is -3.77. The van der Waals surface area contributed by atoms with Crippen LogP contribution in [0.5, 0.6) is 11.5 Å². The van der Waals surface area contributed by atoms with Crippen molar-refractivity contribution < 1.29 is 22.3 Å². The van der Waals surface area contributed by atoms with Crippen LogP contribution in [0.3, 0.4) is 0 Å². The largest absolute Gasteiger partial charge is 0.497 e. The van der Waals surface area contributed by atoms with Gasteiger partial charge in [0.15, 0.2) is 0 Å². The number of methoxy groups -OCH3 is 2. The molecule has 4 aromatic rings. The number of hydrogen-bond donors (Lipinski definition) is 1. The van der Waals surface area contributed by atoms with E-state index < -0.39 is 16.2 Å². The summed E-state index contributed by atoms with van der Waals surface area (Å²) in [6.45, 7) is 1.41. The van der Waals surface area contributed by atoms with Crippen molar-refractivity contribution in [2.75, 3.05) is 25.7 Å². The maximum atomic E-state index is 13.9. The Balaban J connectivity index is 1.19. The molecule has 0 amide bonds. The zero-order valence-electron chi connectivity index (χ0n) is 26.2. The summed E-state index contributed by atoms with van der Waals surface area (Å²) in [6, 6.07) is 9.13. The average molecular weight is 647 g/mol. The van der Waals surface area contributed by atoms with Crippen LogP contribution in [0.25, 0.3) is 10.8 Å². The molecule has 4 aliphatic rings. The van der Waals surface area contributed by atoms with Gasteiger partial charge in [-0.15, -0.1) is 10.2 Å². The van der Waals surface area contributed by atoms with E-state index in [0.717, 1.165) is 77.4 Å². The van der Waals surface area contributed by atoms with Crippen LogP contribution in [0.1, 0.15) is 79.3 Å². The molecule has 1 atom stereocenters. The van der Waals surface area contributed by atoms with Crippen LogP contribution in [0, 0.1) is 5.92 Å². The van der Waals surface area contributed by atoms with E-state index >= 15 is 0 Å². The molecule has 46 heavy (non-hydrogen) atoms. The number of aromatic nitrogens is 4. The Morgan fingerprint density at radius 3 is 2.59 bits per heavy atom. The lowest BCUT2D eigenvalue weighted by Crippen LogP contribution is -2.45. The molecular formula is C34H39FN6O4S. The van der Waals surface area contributed by atoms with Crippen molar-refractivity contribution in [1.29, 1.82) is 0 Å². The number of alkyl halides is 1. The van der Waals surface area contributed by atoms with Gasteiger partial charge < -0.3 is 14.4 Å². The Morgan fingerprint density at radius 2 is 1.87 bits per heavy atom. The molecule has 0 bridgehead atoms. The van der Waals surface area contributed by atoms with Crippen molar-refractivity contribution >= 4 is 26.7 Å². The minimum absolute atomic E-state index is 0.153. The van der Waals surface area contributed by atoms with E-state index in [0.29, 0.717) is 23.8 Å². The highest BCUT2D eigenvalue weighted by molar-refractivity contribution is 7.89. The van der Waals surface area contributed by atoms with Gasteiger partial charge in [0, 0.05) is 59.3 Å². The minimum atomic E-state index is -3.91. The molecule has 1 N–H and O–H groups in total. The van der Waals surface area contributed by atoms with Gasteiger partial charge in [0.25, 0.3) is 0 Å². The first-order chi connectivity index (χ1) is 22.3. The number of hydrogen-bond acceptors (Lipinski definition) is 8. The van der Waals surface area contributed by atoms with E-state index in [1.165, 1.54) is 12.8 Å². The summed E-state index contributed by atoms with van der Waals surface area (Å²) in [6.07, 6.45) is 9.16. The van der Waals surface area contributed by atoms with E-state index in [4.69, 9.17) is 14.5 Å². The second-order valence-electron chi connectivity index (χ2n) is 13.4. The van der Waals surface area contributed by atoms with Gasteiger partial charge in [-0.3, -0.25) is 9.55 Å². The van der Waals surface area contributed by atoms with Crippen molar-refractivity contribution in [3.63, 3.8) is 0 Å². The van der Waals surface area contributed by atoms with E-state index in [9.17, 15) is 12.8 Å². The van der Waals surface area contributed by atoms with E-state index in [-0.39, 0.29) is 29.8 Å². The smallest absolute Gasteiger partial charge is 0.241 e. The lowest BCUT2D eigenvalue weighted by molar-refractivity contribution is 0.171. The van der Waals surface area contributed by atoms with Gasteiger partial charge in [0.2, 0.25) is 16.0 Å². The number of anilines is 1. The minimum Gasteiger partial charge on any atom is -0.497 e. The molecule has 3 saturated carbocycles. The number of aryl methyl sites for hydroxylation is 1. The van der Waals surface area contributed by atoms with Gasteiger partial charge >= 0.3 is 0 Å². The number of pyridine rings is 1. The highest BCUT2D eigenvalue weighted by atomic mass is 32.2. The van der Waals surface area contributed by atoms with Gasteiger partial charge in [-0.25, -0.2) is 17.5 Å². The van der Waals surface area contributed by atoms with Crippen LogP contribution >= 0.6 is 0 Å². The average Bonchev–Trinajstić information content (AvgIpc) is 3.97. The van der Waals surface area contributed by atoms with E-state index in [1.54, 1.807) is 20.5 Å². The van der Waals surface area contributed by atoms with E-state index in [1.807, 2.05) is 36.5 Å². The molecule has 10 nitrogen and oxygen atoms in total. The number of halogens is 1. The van der Waals surface area contributed by atoms with Crippen molar-refractivity contribution in [2.45, 2.75) is 87.0 Å². The first-order valence-corrected chi connectivity index (χ1v) is 17.8. The Kier molecular flexibility index (Phi) is 7.39. The molecule has 4 aliphatic carbocycles. The quantitative estimate of drug-likeness (QED) is 0.216. The standard InChI is InChI=1S/C34H39FN6O4S/c1-44-25-8-7-22(32(13-25)45-2)18-40(17-20-3-4-20)34-38-37-19-41(34)31-10-9-26-27(31)15-33(46(42,43)39-24-11-23(35)12-24)28-14-30(21-5-6-21)36-16-29(26)28/h7-8,13-16,19-21,23-24,31,39H,3-6,9-12,17-18H2,1-2H3. The van der Waals surface area contributed by atoms with Crippen LogP contribution in [-0.4, -0.2) is 61.1 Å². The fourth-order valence-corrected chi connectivity index (χ4v) is 8.63. The first kappa shape index (κ1) is 29.6. The molecule has 0 saturated heterocycles. The van der Waals surface area contributed by atoms with Crippen molar-refractivity contribution in [1.82, 2.24) is 24.5 Å². The molecule has 1 unspecified atom stereocenters. The molecule has 0 spiro atoms. The highest BCUT2D eigenvalue weighted by Gasteiger charge is 2.37. The Bertz CT molecular complexity index is 1900. The molecule has 0 aliphatic heterocycles. The zero-order chi connectivity index (χ0) is 31.6. The number of sulfonamides is 1. The molecule has 8 rings (SSSR count). The third-order valence-electron chi connectivity index (χ3n) is 10.1. The number of ether oxygens (including phenoxy) is 2. The second kappa shape index (κ2) is 11.5. The summed E-state index contributed by atoms with van der Waals surface area (Å²) in [5.41, 5.74) is 4.02. The number of nitrogens with zero attached hydrogens (tertiary/aromatic N) is 5. The van der Waals surface area contributed by atoms with Crippen LogP contribution < -0.4 is 19.1 Å². The predicted molar refractivity (Wildman–Crippen MR) is 172 cm³/mol. The summed E-state index contributed by atoms with van der Waals surface area (Å²) in [4.78, 5) is 7.30. The van der Waals surface area contributed by atoms with Gasteiger partial charge in [0.1, 0.15) is 24.0 Å². The molecule has 2 heterocycles. The summed E-state index contributed by atoms with van der Waals surface area (Å²) >= 11 is 0. The highest BCUT2D eigenvalue weighted by Crippen LogP contribution is 2.45. The molecule has 0 radical (unpaired) electrons. The fraction of sp³-hybridized carbons (Fsp3) is 0.500. The van der Waals surface area contributed by atoms with Crippen LogP contribution in [-0.2, 0) is 23.0 Å². The normalized spacial score (nSPS) is 22.5.